The second-order valence-electron chi connectivity index (χ2n) is 3.04. The van der Waals surface area contributed by atoms with Crippen molar-refractivity contribution in [1.82, 2.24) is 0 Å². The topological polar surface area (TPSA) is 20.2 Å². The van der Waals surface area contributed by atoms with Gasteiger partial charge < -0.3 is 5.11 Å². The van der Waals surface area contributed by atoms with Crippen molar-refractivity contribution >= 4 is 24.3 Å². The van der Waals surface area contributed by atoms with E-state index < -0.39 is 0 Å². The standard InChI is InChI=1S/C14H14O.Zn/c1-5-10-9-14(15)13(8-4)12(7-3)11(10)6-2;/h5-9,15H,1-4H2;. The van der Waals surface area contributed by atoms with E-state index in [1.54, 1.807) is 30.4 Å². The molecule has 0 aliphatic carbocycles. The Morgan fingerprint density at radius 3 is 1.69 bits per heavy atom. The van der Waals surface area contributed by atoms with Crippen LogP contribution in [-0.2, 0) is 19.5 Å². The summed E-state index contributed by atoms with van der Waals surface area (Å²) in [7, 11) is 0. The summed E-state index contributed by atoms with van der Waals surface area (Å²) in [6, 6.07) is 1.65. The molecule has 78 valence electrons. The third kappa shape index (κ3) is 2.40. The van der Waals surface area contributed by atoms with Gasteiger partial charge in [-0.2, -0.15) is 0 Å². The molecule has 0 amide bonds. The summed E-state index contributed by atoms with van der Waals surface area (Å²) in [5, 5.41) is 9.75. The first-order valence-corrected chi connectivity index (χ1v) is 4.59. The molecule has 0 saturated heterocycles. The van der Waals surface area contributed by atoms with Crippen molar-refractivity contribution in [3.8, 4) is 5.75 Å². The van der Waals surface area contributed by atoms with E-state index in [0.717, 1.165) is 16.7 Å². The fraction of sp³-hybridized carbons (Fsp3) is 0. The fourth-order valence-corrected chi connectivity index (χ4v) is 1.57. The van der Waals surface area contributed by atoms with Gasteiger partial charge in [-0.15, -0.1) is 0 Å². The molecule has 0 unspecified atom stereocenters. The molecule has 0 aromatic heterocycles. The Hall–Kier alpha value is -1.40. The van der Waals surface area contributed by atoms with Gasteiger partial charge in [0, 0.05) is 25.0 Å². The van der Waals surface area contributed by atoms with Crippen molar-refractivity contribution in [2.75, 3.05) is 0 Å². The molecule has 0 saturated carbocycles. The van der Waals surface area contributed by atoms with E-state index in [-0.39, 0.29) is 25.2 Å². The molecule has 2 heteroatoms. The molecule has 0 atom stereocenters. The SMILES string of the molecule is C=Cc1cc(O)c(C=C)c(C=C)c1C=C.[Zn]. The maximum atomic E-state index is 9.75. The summed E-state index contributed by atoms with van der Waals surface area (Å²) in [4.78, 5) is 0. The Balaban J connectivity index is 0.00000225. The Bertz CT molecular complexity index is 445. The van der Waals surface area contributed by atoms with Crippen molar-refractivity contribution in [2.24, 2.45) is 0 Å². The summed E-state index contributed by atoms with van der Waals surface area (Å²) in [6.45, 7) is 14.8. The number of hydrogen-bond donors (Lipinski definition) is 1. The predicted molar refractivity (Wildman–Crippen MR) is 68.5 cm³/mol. The first-order valence-electron chi connectivity index (χ1n) is 4.59. The Kier molecular flexibility index (Phi) is 5.70. The molecule has 0 aliphatic heterocycles. The molecule has 16 heavy (non-hydrogen) atoms. The van der Waals surface area contributed by atoms with E-state index in [4.69, 9.17) is 0 Å². The maximum Gasteiger partial charge on any atom is 0.124 e. The van der Waals surface area contributed by atoms with Crippen LogP contribution in [0.15, 0.2) is 32.4 Å². The van der Waals surface area contributed by atoms with Crippen molar-refractivity contribution in [3.63, 3.8) is 0 Å². The summed E-state index contributed by atoms with van der Waals surface area (Å²) in [5.41, 5.74) is 3.25. The number of benzene rings is 1. The fourth-order valence-electron chi connectivity index (χ4n) is 1.57. The van der Waals surface area contributed by atoms with Crippen LogP contribution in [0.25, 0.3) is 24.3 Å². The van der Waals surface area contributed by atoms with E-state index in [2.05, 4.69) is 26.3 Å². The van der Waals surface area contributed by atoms with E-state index in [1.165, 1.54) is 0 Å². The van der Waals surface area contributed by atoms with Crippen LogP contribution in [0.1, 0.15) is 22.3 Å². The summed E-state index contributed by atoms with van der Waals surface area (Å²) in [5.74, 6) is 0.181. The average molecular weight is 264 g/mol. The van der Waals surface area contributed by atoms with Crippen molar-refractivity contribution in [1.29, 1.82) is 0 Å². The van der Waals surface area contributed by atoms with Gasteiger partial charge in [-0.25, -0.2) is 0 Å². The van der Waals surface area contributed by atoms with Crippen molar-refractivity contribution in [2.45, 2.75) is 0 Å². The molecule has 1 N–H and O–H groups in total. The smallest absolute Gasteiger partial charge is 0.124 e. The molecule has 1 aromatic rings. The Morgan fingerprint density at radius 2 is 1.31 bits per heavy atom. The minimum absolute atomic E-state index is 0. The minimum Gasteiger partial charge on any atom is -0.507 e. The molecule has 0 aliphatic rings. The average Bonchev–Trinajstić information content (AvgIpc) is 2.27. The first kappa shape index (κ1) is 14.6. The second-order valence-corrected chi connectivity index (χ2v) is 3.04. The van der Waals surface area contributed by atoms with Crippen molar-refractivity contribution < 1.29 is 24.6 Å². The molecule has 0 heterocycles. The quantitative estimate of drug-likeness (QED) is 0.815. The molecule has 0 fully saturated rings. The first-order chi connectivity index (χ1) is 7.19. The summed E-state index contributed by atoms with van der Waals surface area (Å²) >= 11 is 0. The number of aromatic hydroxyl groups is 1. The molecular formula is C14H14OZn. The van der Waals surface area contributed by atoms with Gasteiger partial charge in [0.1, 0.15) is 5.75 Å². The van der Waals surface area contributed by atoms with Crippen LogP contribution in [0.2, 0.25) is 0 Å². The largest absolute Gasteiger partial charge is 0.507 e. The zero-order valence-corrected chi connectivity index (χ0v) is 12.3. The number of phenols is 1. The minimum atomic E-state index is 0. The van der Waals surface area contributed by atoms with Gasteiger partial charge in [0.15, 0.2) is 0 Å². The van der Waals surface area contributed by atoms with Gasteiger partial charge in [-0.1, -0.05) is 50.6 Å². The molecular weight excluding hydrogens is 250 g/mol. The van der Waals surface area contributed by atoms with Gasteiger partial charge in [0.25, 0.3) is 0 Å². The normalized spacial score (nSPS) is 8.75. The van der Waals surface area contributed by atoms with Crippen LogP contribution in [0.3, 0.4) is 0 Å². The van der Waals surface area contributed by atoms with Crippen LogP contribution in [0.4, 0.5) is 0 Å². The molecule has 1 rings (SSSR count). The van der Waals surface area contributed by atoms with E-state index in [0.29, 0.717) is 5.56 Å². The third-order valence-corrected chi connectivity index (χ3v) is 2.29. The number of phenolic OH excluding ortho intramolecular Hbond substituents is 1. The summed E-state index contributed by atoms with van der Waals surface area (Å²) < 4.78 is 0. The van der Waals surface area contributed by atoms with Gasteiger partial charge in [-0.3, -0.25) is 0 Å². The van der Waals surface area contributed by atoms with E-state index in [9.17, 15) is 5.11 Å². The van der Waals surface area contributed by atoms with E-state index in [1.807, 2.05) is 0 Å². The second kappa shape index (κ2) is 6.24. The van der Waals surface area contributed by atoms with Gasteiger partial charge in [0.05, 0.1) is 0 Å². The van der Waals surface area contributed by atoms with Gasteiger partial charge in [0.2, 0.25) is 0 Å². The van der Waals surface area contributed by atoms with Gasteiger partial charge >= 0.3 is 0 Å². The van der Waals surface area contributed by atoms with Gasteiger partial charge in [-0.05, 0) is 22.8 Å². The molecule has 1 aromatic carbocycles. The molecule has 0 radical (unpaired) electrons. The molecule has 0 spiro atoms. The van der Waals surface area contributed by atoms with Crippen LogP contribution in [0.5, 0.6) is 5.75 Å². The Labute approximate surface area is 109 Å². The summed E-state index contributed by atoms with van der Waals surface area (Å²) in [6.07, 6.45) is 6.68. The molecule has 0 bridgehead atoms. The Morgan fingerprint density at radius 1 is 0.812 bits per heavy atom. The predicted octanol–water partition coefficient (Wildman–Crippen LogP) is 3.96. The number of hydrogen-bond acceptors (Lipinski definition) is 1. The van der Waals surface area contributed by atoms with Crippen molar-refractivity contribution in [3.05, 3.63) is 54.6 Å². The molecule has 1 nitrogen and oxygen atoms in total. The maximum absolute atomic E-state index is 9.75. The zero-order valence-electron chi connectivity index (χ0n) is 9.37. The van der Waals surface area contributed by atoms with Crippen LogP contribution < -0.4 is 0 Å². The third-order valence-electron chi connectivity index (χ3n) is 2.29. The van der Waals surface area contributed by atoms with Crippen LogP contribution >= 0.6 is 0 Å². The van der Waals surface area contributed by atoms with Crippen LogP contribution in [-0.4, -0.2) is 5.11 Å². The number of rotatable bonds is 4. The monoisotopic (exact) mass is 262 g/mol. The zero-order chi connectivity index (χ0) is 11.4. The van der Waals surface area contributed by atoms with E-state index >= 15 is 0 Å². The van der Waals surface area contributed by atoms with Crippen LogP contribution in [0, 0.1) is 0 Å².